The number of benzene rings is 4. The van der Waals surface area contributed by atoms with Gasteiger partial charge < -0.3 is 10.2 Å². The third kappa shape index (κ3) is 2.85. The van der Waals surface area contributed by atoms with Crippen LogP contribution < -0.4 is 0 Å². The zero-order chi connectivity index (χ0) is 23.5. The molecule has 0 unspecified atom stereocenters. The maximum atomic E-state index is 14.6. The molecular formula is C30H26O3. The minimum Gasteiger partial charge on any atom is -0.507 e. The highest BCUT2D eigenvalue weighted by Crippen LogP contribution is 2.52. The molecule has 0 aromatic heterocycles. The van der Waals surface area contributed by atoms with Crippen LogP contribution >= 0.6 is 0 Å². The average molecular weight is 435 g/mol. The van der Waals surface area contributed by atoms with Gasteiger partial charge in [-0.25, -0.2) is 0 Å². The number of ketones is 1. The molecule has 0 atom stereocenters. The van der Waals surface area contributed by atoms with Crippen LogP contribution in [0.3, 0.4) is 0 Å². The molecule has 3 nitrogen and oxygen atoms in total. The molecule has 1 aliphatic carbocycles. The Morgan fingerprint density at radius 3 is 1.45 bits per heavy atom. The average Bonchev–Trinajstić information content (AvgIpc) is 2.81. The Balaban J connectivity index is 2.00. The smallest absolute Gasteiger partial charge is 0.182 e. The molecule has 0 aliphatic heterocycles. The zero-order valence-corrected chi connectivity index (χ0v) is 19.2. The van der Waals surface area contributed by atoms with Crippen molar-refractivity contribution >= 4 is 5.78 Å². The van der Waals surface area contributed by atoms with Crippen molar-refractivity contribution in [3.63, 3.8) is 0 Å². The van der Waals surface area contributed by atoms with Crippen LogP contribution in [0.2, 0.25) is 0 Å². The molecule has 3 heteroatoms. The maximum Gasteiger partial charge on any atom is 0.182 e. The van der Waals surface area contributed by atoms with E-state index in [2.05, 4.69) is 6.07 Å². The Hall–Kier alpha value is -3.85. The number of hydrogen-bond donors (Lipinski definition) is 2. The van der Waals surface area contributed by atoms with Gasteiger partial charge in [-0.15, -0.1) is 0 Å². The number of Topliss-reactive ketones (excluding diaryl/α,β-unsaturated/α-hetero) is 1. The summed E-state index contributed by atoms with van der Waals surface area (Å²) in [6.07, 6.45) is 0. The lowest BCUT2D eigenvalue weighted by atomic mass is 9.59. The van der Waals surface area contributed by atoms with Crippen molar-refractivity contribution < 1.29 is 15.0 Å². The number of rotatable bonds is 2. The topological polar surface area (TPSA) is 57.5 Å². The number of fused-ring (bicyclic) bond motifs is 3. The summed E-state index contributed by atoms with van der Waals surface area (Å²) in [7, 11) is 0. The highest BCUT2D eigenvalue weighted by atomic mass is 16.3. The minimum atomic E-state index is -1.11. The molecule has 4 aromatic rings. The van der Waals surface area contributed by atoms with Gasteiger partial charge in [-0.2, -0.15) is 0 Å². The van der Waals surface area contributed by atoms with Gasteiger partial charge in [0.1, 0.15) is 16.9 Å². The number of hydrogen-bond acceptors (Lipinski definition) is 3. The fourth-order valence-electron chi connectivity index (χ4n) is 5.37. The van der Waals surface area contributed by atoms with E-state index in [4.69, 9.17) is 0 Å². The fourth-order valence-corrected chi connectivity index (χ4v) is 5.37. The van der Waals surface area contributed by atoms with E-state index >= 15 is 0 Å². The Labute approximate surface area is 194 Å². The molecule has 0 radical (unpaired) electrons. The lowest BCUT2D eigenvalue weighted by Crippen LogP contribution is -2.42. The van der Waals surface area contributed by atoms with Crippen LogP contribution in [0.4, 0.5) is 0 Å². The van der Waals surface area contributed by atoms with Crippen molar-refractivity contribution in [1.29, 1.82) is 0 Å². The van der Waals surface area contributed by atoms with Crippen LogP contribution in [0.15, 0.2) is 72.8 Å². The molecule has 1 aliphatic rings. The highest BCUT2D eigenvalue weighted by Gasteiger charge is 2.49. The van der Waals surface area contributed by atoms with Crippen molar-refractivity contribution in [3.05, 3.63) is 117 Å². The normalized spacial score (nSPS) is 14.0. The molecule has 0 fully saturated rings. The van der Waals surface area contributed by atoms with Gasteiger partial charge in [-0.3, -0.25) is 4.79 Å². The molecule has 0 amide bonds. The van der Waals surface area contributed by atoms with Gasteiger partial charge in [0.25, 0.3) is 0 Å². The van der Waals surface area contributed by atoms with E-state index in [1.54, 1.807) is 0 Å². The van der Waals surface area contributed by atoms with E-state index in [1.807, 2.05) is 94.4 Å². The molecule has 0 saturated carbocycles. The van der Waals surface area contributed by atoms with Crippen molar-refractivity contribution in [1.82, 2.24) is 0 Å². The predicted octanol–water partition coefficient (Wildman–Crippen LogP) is 6.53. The summed E-state index contributed by atoms with van der Waals surface area (Å²) < 4.78 is 0. The number of phenols is 2. The Bertz CT molecular complexity index is 1340. The second-order valence-corrected chi connectivity index (χ2v) is 9.09. The first kappa shape index (κ1) is 21.0. The zero-order valence-electron chi connectivity index (χ0n) is 19.2. The first-order chi connectivity index (χ1) is 15.8. The molecule has 0 heterocycles. The van der Waals surface area contributed by atoms with Crippen molar-refractivity contribution in [2.45, 2.75) is 33.1 Å². The molecule has 0 bridgehead atoms. The van der Waals surface area contributed by atoms with Gasteiger partial charge in [0.15, 0.2) is 5.78 Å². The van der Waals surface area contributed by atoms with E-state index in [9.17, 15) is 15.0 Å². The molecule has 4 aromatic carbocycles. The second-order valence-electron chi connectivity index (χ2n) is 9.09. The minimum absolute atomic E-state index is 0.00854. The van der Waals surface area contributed by atoms with Crippen LogP contribution in [0, 0.1) is 27.7 Å². The number of carbonyl (C=O) groups is 1. The Morgan fingerprint density at radius 2 is 0.970 bits per heavy atom. The summed E-state index contributed by atoms with van der Waals surface area (Å²) in [6.45, 7) is 7.44. The van der Waals surface area contributed by atoms with Gasteiger partial charge in [0.2, 0.25) is 0 Å². The fraction of sp³-hybridized carbons (Fsp3) is 0.167. The molecule has 0 saturated heterocycles. The largest absolute Gasteiger partial charge is 0.507 e. The van der Waals surface area contributed by atoms with Gasteiger partial charge in [0, 0.05) is 5.56 Å². The standard InChI is InChI=1S/C30H26O3/c1-17-13-21(14-18(2)27(17)31)30(22-15-19(3)28(32)20(4)16-22)26-12-8-7-10-24(26)23-9-5-6-11-25(23)29(30)33/h5-16,31-32H,1-4H3. The summed E-state index contributed by atoms with van der Waals surface area (Å²) in [5, 5.41) is 21.0. The van der Waals surface area contributed by atoms with E-state index < -0.39 is 5.41 Å². The summed E-state index contributed by atoms with van der Waals surface area (Å²) in [5.41, 5.74) is 6.91. The monoisotopic (exact) mass is 434 g/mol. The number of phenolic OH excluding ortho intramolecular Hbond substituents is 2. The third-order valence-electron chi connectivity index (χ3n) is 6.98. The molecule has 33 heavy (non-hydrogen) atoms. The molecule has 164 valence electrons. The quantitative estimate of drug-likeness (QED) is 0.377. The molecule has 2 N–H and O–H groups in total. The first-order valence-corrected chi connectivity index (χ1v) is 11.1. The Morgan fingerprint density at radius 1 is 0.576 bits per heavy atom. The van der Waals surface area contributed by atoms with E-state index in [0.29, 0.717) is 5.56 Å². The highest BCUT2D eigenvalue weighted by molar-refractivity contribution is 6.16. The molecule has 5 rings (SSSR count). The van der Waals surface area contributed by atoms with Crippen molar-refractivity contribution in [3.8, 4) is 22.6 Å². The maximum absolute atomic E-state index is 14.6. The number of aryl methyl sites for hydroxylation is 4. The molecule has 0 spiro atoms. The van der Waals surface area contributed by atoms with Gasteiger partial charge >= 0.3 is 0 Å². The first-order valence-electron chi connectivity index (χ1n) is 11.1. The van der Waals surface area contributed by atoms with Crippen LogP contribution in [0.1, 0.15) is 49.3 Å². The lowest BCUT2D eigenvalue weighted by molar-refractivity contribution is 0.0933. The molecular weight excluding hydrogens is 408 g/mol. The summed E-state index contributed by atoms with van der Waals surface area (Å²) in [4.78, 5) is 14.6. The van der Waals surface area contributed by atoms with Crippen LogP contribution in [0.5, 0.6) is 11.5 Å². The van der Waals surface area contributed by atoms with Gasteiger partial charge in [-0.05, 0) is 77.8 Å². The number of aromatic hydroxyl groups is 2. The van der Waals surface area contributed by atoms with Crippen molar-refractivity contribution in [2.24, 2.45) is 0 Å². The SMILES string of the molecule is Cc1cc(C2(c3cc(C)c(O)c(C)c3)C(=O)c3ccccc3-c3ccccc32)cc(C)c1O. The van der Waals surface area contributed by atoms with Gasteiger partial charge in [-0.1, -0.05) is 72.8 Å². The Kier molecular flexibility index (Phi) is 4.68. The van der Waals surface area contributed by atoms with E-state index in [1.165, 1.54) is 0 Å². The summed E-state index contributed by atoms with van der Waals surface area (Å²) in [6, 6.07) is 23.5. The van der Waals surface area contributed by atoms with Crippen molar-refractivity contribution in [2.75, 3.05) is 0 Å². The van der Waals surface area contributed by atoms with E-state index in [0.717, 1.165) is 50.1 Å². The lowest BCUT2D eigenvalue weighted by Gasteiger charge is -2.40. The predicted molar refractivity (Wildman–Crippen MR) is 131 cm³/mol. The second kappa shape index (κ2) is 7.35. The summed E-state index contributed by atoms with van der Waals surface area (Å²) >= 11 is 0. The van der Waals surface area contributed by atoms with Crippen LogP contribution in [-0.4, -0.2) is 16.0 Å². The number of carbonyl (C=O) groups excluding carboxylic acids is 1. The third-order valence-corrected chi connectivity index (χ3v) is 6.98. The van der Waals surface area contributed by atoms with Crippen LogP contribution in [-0.2, 0) is 5.41 Å². The van der Waals surface area contributed by atoms with E-state index in [-0.39, 0.29) is 17.3 Å². The van der Waals surface area contributed by atoms with Gasteiger partial charge in [0.05, 0.1) is 0 Å². The summed E-state index contributed by atoms with van der Waals surface area (Å²) in [5.74, 6) is 0.471. The van der Waals surface area contributed by atoms with Crippen LogP contribution in [0.25, 0.3) is 11.1 Å².